The van der Waals surface area contributed by atoms with Gasteiger partial charge in [0, 0.05) is 12.3 Å². The van der Waals surface area contributed by atoms with Crippen molar-refractivity contribution in [3.05, 3.63) is 22.0 Å². The third-order valence-electron chi connectivity index (χ3n) is 1.62. The van der Waals surface area contributed by atoms with Crippen molar-refractivity contribution in [2.75, 3.05) is 12.3 Å². The summed E-state index contributed by atoms with van der Waals surface area (Å²) >= 11 is 1.31. The van der Waals surface area contributed by atoms with Crippen LogP contribution in [0.15, 0.2) is 16.9 Å². The summed E-state index contributed by atoms with van der Waals surface area (Å²) in [7, 11) is 0. The summed E-state index contributed by atoms with van der Waals surface area (Å²) < 4.78 is 0. The number of amides is 2. The molecule has 0 unspecified atom stereocenters. The summed E-state index contributed by atoms with van der Waals surface area (Å²) in [6, 6.07) is -0.822. The molecule has 1 rings (SSSR count). The molecule has 0 saturated carbocycles. The number of nitro groups is 1. The van der Waals surface area contributed by atoms with Crippen LogP contribution >= 0.6 is 11.8 Å². The van der Waals surface area contributed by atoms with Gasteiger partial charge in [0.2, 0.25) is 0 Å². The summed E-state index contributed by atoms with van der Waals surface area (Å²) in [5.74, 6) is 0.799. The van der Waals surface area contributed by atoms with Gasteiger partial charge in [0.15, 0.2) is 5.04 Å². The van der Waals surface area contributed by atoms with E-state index in [0.717, 1.165) is 18.4 Å². The molecule has 4 N–H and O–H groups in total. The minimum Gasteiger partial charge on any atom is -0.350 e. The molecule has 0 fully saturated rings. The SMILES string of the molecule is NC(=O)NN/C=C(/C1=NCCCS1)[N+](=O)[O-]. The normalized spacial score (nSPS) is 16.2. The predicted octanol–water partition coefficient (Wildman–Crippen LogP) is -0.187. The Balaban J connectivity index is 2.70. The van der Waals surface area contributed by atoms with Gasteiger partial charge in [-0.2, -0.15) is 0 Å². The zero-order chi connectivity index (χ0) is 12.0. The Kier molecular flexibility index (Phi) is 4.58. The van der Waals surface area contributed by atoms with Crippen LogP contribution in [0.2, 0.25) is 0 Å². The first-order valence-electron chi connectivity index (χ1n) is 4.44. The van der Waals surface area contributed by atoms with Gasteiger partial charge in [0.1, 0.15) is 0 Å². The van der Waals surface area contributed by atoms with Gasteiger partial charge in [-0.3, -0.25) is 26.0 Å². The van der Waals surface area contributed by atoms with E-state index in [1.54, 1.807) is 0 Å². The first-order valence-corrected chi connectivity index (χ1v) is 5.43. The highest BCUT2D eigenvalue weighted by molar-refractivity contribution is 8.14. The molecule has 1 aliphatic rings. The van der Waals surface area contributed by atoms with E-state index in [-0.39, 0.29) is 5.70 Å². The highest BCUT2D eigenvalue weighted by atomic mass is 32.2. The number of aliphatic imine (C=N–C) groups is 1. The molecule has 0 saturated heterocycles. The lowest BCUT2D eigenvalue weighted by Gasteiger charge is -2.09. The first kappa shape index (κ1) is 12.3. The van der Waals surface area contributed by atoms with Crippen LogP contribution in [0.25, 0.3) is 0 Å². The first-order chi connectivity index (χ1) is 7.61. The molecule has 1 heterocycles. The molecule has 1 aliphatic heterocycles. The van der Waals surface area contributed by atoms with Gasteiger partial charge in [-0.15, -0.1) is 0 Å². The number of urea groups is 1. The fourth-order valence-corrected chi connectivity index (χ4v) is 1.91. The number of carbonyl (C=O) groups is 1. The molecule has 0 radical (unpaired) electrons. The predicted molar refractivity (Wildman–Crippen MR) is 60.3 cm³/mol. The van der Waals surface area contributed by atoms with Gasteiger partial charge >= 0.3 is 11.7 Å². The van der Waals surface area contributed by atoms with E-state index in [9.17, 15) is 14.9 Å². The summed E-state index contributed by atoms with van der Waals surface area (Å²) in [5, 5.41) is 11.1. The summed E-state index contributed by atoms with van der Waals surface area (Å²) in [4.78, 5) is 24.5. The molecular formula is C7H11N5O3S. The van der Waals surface area contributed by atoms with Crippen molar-refractivity contribution in [3.63, 3.8) is 0 Å². The number of nitrogens with zero attached hydrogens (tertiary/aromatic N) is 2. The molecule has 0 aromatic heterocycles. The number of primary amides is 1. The van der Waals surface area contributed by atoms with Gasteiger partial charge in [-0.25, -0.2) is 4.79 Å². The van der Waals surface area contributed by atoms with E-state index in [0.29, 0.717) is 11.6 Å². The van der Waals surface area contributed by atoms with E-state index < -0.39 is 11.0 Å². The van der Waals surface area contributed by atoms with Crippen LogP contribution < -0.4 is 16.6 Å². The molecular weight excluding hydrogens is 234 g/mol. The van der Waals surface area contributed by atoms with Gasteiger partial charge in [-0.1, -0.05) is 11.8 Å². The fourth-order valence-electron chi connectivity index (χ4n) is 0.983. The minimum absolute atomic E-state index is 0.182. The van der Waals surface area contributed by atoms with E-state index in [1.807, 2.05) is 5.43 Å². The smallest absolute Gasteiger partial charge is 0.330 e. The number of thioether (sulfide) groups is 1. The summed E-state index contributed by atoms with van der Waals surface area (Å²) in [6.45, 7) is 0.580. The highest BCUT2D eigenvalue weighted by Crippen LogP contribution is 2.18. The number of nitrogens with two attached hydrogens (primary N) is 1. The molecule has 2 amide bonds. The molecule has 0 atom stereocenters. The number of nitrogens with one attached hydrogen (secondary N) is 2. The summed E-state index contributed by atoms with van der Waals surface area (Å²) in [5.41, 5.74) is 8.86. The average Bonchev–Trinajstić information content (AvgIpc) is 2.25. The molecule has 0 aromatic rings. The maximum Gasteiger partial charge on any atom is 0.330 e. The van der Waals surface area contributed by atoms with Gasteiger partial charge in [0.25, 0.3) is 0 Å². The molecule has 0 aromatic carbocycles. The van der Waals surface area contributed by atoms with Crippen LogP contribution in [0.5, 0.6) is 0 Å². The van der Waals surface area contributed by atoms with Crippen molar-refractivity contribution >= 4 is 22.8 Å². The largest absolute Gasteiger partial charge is 0.350 e. The molecule has 9 heteroatoms. The third-order valence-corrected chi connectivity index (χ3v) is 2.72. The monoisotopic (exact) mass is 245 g/mol. The second-order valence-electron chi connectivity index (χ2n) is 2.81. The zero-order valence-corrected chi connectivity index (χ0v) is 9.12. The summed E-state index contributed by atoms with van der Waals surface area (Å²) in [6.07, 6.45) is 1.97. The Morgan fingerprint density at radius 2 is 2.44 bits per heavy atom. The van der Waals surface area contributed by atoms with Gasteiger partial charge in [0.05, 0.1) is 11.1 Å². The fraction of sp³-hybridized carbons (Fsp3) is 0.429. The van der Waals surface area contributed by atoms with Crippen LogP contribution in [0.1, 0.15) is 6.42 Å². The van der Waals surface area contributed by atoms with E-state index >= 15 is 0 Å². The quantitative estimate of drug-likeness (QED) is 0.468. The maximum atomic E-state index is 10.7. The van der Waals surface area contributed by atoms with Crippen LogP contribution in [0.4, 0.5) is 4.79 Å². The van der Waals surface area contributed by atoms with Crippen LogP contribution in [-0.2, 0) is 0 Å². The van der Waals surface area contributed by atoms with Crippen molar-refractivity contribution in [2.24, 2.45) is 10.7 Å². The van der Waals surface area contributed by atoms with E-state index in [2.05, 4.69) is 10.4 Å². The van der Waals surface area contributed by atoms with Crippen molar-refractivity contribution in [3.8, 4) is 0 Å². The van der Waals surface area contributed by atoms with Gasteiger partial charge < -0.3 is 5.73 Å². The highest BCUT2D eigenvalue weighted by Gasteiger charge is 2.21. The van der Waals surface area contributed by atoms with Crippen LogP contribution in [-0.4, -0.2) is 28.3 Å². The van der Waals surface area contributed by atoms with Crippen molar-refractivity contribution in [1.82, 2.24) is 10.9 Å². The van der Waals surface area contributed by atoms with Crippen molar-refractivity contribution in [2.45, 2.75) is 6.42 Å². The topological polar surface area (TPSA) is 123 Å². The molecule has 0 aliphatic carbocycles. The van der Waals surface area contributed by atoms with Gasteiger partial charge in [-0.05, 0) is 6.42 Å². The maximum absolute atomic E-state index is 10.7. The molecule has 0 spiro atoms. The Morgan fingerprint density at radius 1 is 1.69 bits per heavy atom. The van der Waals surface area contributed by atoms with Crippen LogP contribution in [0.3, 0.4) is 0 Å². The molecule has 16 heavy (non-hydrogen) atoms. The lowest BCUT2D eigenvalue weighted by atomic mass is 10.4. The van der Waals surface area contributed by atoms with Crippen molar-refractivity contribution in [1.29, 1.82) is 0 Å². The van der Waals surface area contributed by atoms with E-state index in [4.69, 9.17) is 5.73 Å². The average molecular weight is 245 g/mol. The number of hydrogen-bond donors (Lipinski definition) is 3. The number of hydrogen-bond acceptors (Lipinski definition) is 6. The number of hydrazine groups is 1. The Bertz CT molecular complexity index is 354. The molecule has 88 valence electrons. The Labute approximate surface area is 95.5 Å². The Hall–Kier alpha value is -1.77. The standard InChI is InChI=1S/C7H11N5O3S/c8-7(13)11-10-4-5(12(14)15)6-9-2-1-3-16-6/h4,10H,1-3H2,(H3,8,11,13)/b5-4-. The minimum atomic E-state index is -0.822. The number of carbonyl (C=O) groups excluding carboxylic acids is 1. The lowest BCUT2D eigenvalue weighted by Crippen LogP contribution is -2.38. The number of rotatable bonds is 4. The zero-order valence-electron chi connectivity index (χ0n) is 8.30. The third kappa shape index (κ3) is 3.77. The molecule has 8 nitrogen and oxygen atoms in total. The lowest BCUT2D eigenvalue weighted by molar-refractivity contribution is -0.415. The van der Waals surface area contributed by atoms with Crippen molar-refractivity contribution < 1.29 is 9.72 Å². The second kappa shape index (κ2) is 5.95. The van der Waals surface area contributed by atoms with Crippen LogP contribution in [0, 0.1) is 10.1 Å². The second-order valence-corrected chi connectivity index (χ2v) is 3.89. The van der Waals surface area contributed by atoms with E-state index in [1.165, 1.54) is 11.8 Å². The Morgan fingerprint density at radius 3 is 2.94 bits per heavy atom. The molecule has 0 bridgehead atoms.